The second-order valence-electron chi connectivity index (χ2n) is 5.12. The van der Waals surface area contributed by atoms with Gasteiger partial charge in [-0.2, -0.15) is 0 Å². The van der Waals surface area contributed by atoms with Gasteiger partial charge in [0.05, 0.1) is 19.3 Å². The Hall–Kier alpha value is -1.39. The summed E-state index contributed by atoms with van der Waals surface area (Å²) in [4.78, 5) is 12.0. The quantitative estimate of drug-likeness (QED) is 0.766. The van der Waals surface area contributed by atoms with Gasteiger partial charge in [-0.3, -0.25) is 4.79 Å². The van der Waals surface area contributed by atoms with E-state index in [9.17, 15) is 9.90 Å². The molecule has 0 aliphatic rings. The summed E-state index contributed by atoms with van der Waals surface area (Å²) >= 11 is 0. The molecule has 4 heteroatoms. The number of hydrogen-bond acceptors (Lipinski definition) is 3. The predicted molar refractivity (Wildman–Crippen MR) is 79.2 cm³/mol. The molecule has 4 nitrogen and oxygen atoms in total. The van der Waals surface area contributed by atoms with E-state index in [2.05, 4.69) is 5.32 Å². The molecule has 3 atom stereocenters. The average molecular weight is 279 g/mol. The lowest BCUT2D eigenvalue weighted by Crippen LogP contribution is -2.46. The standard InChI is InChI=1S/C16H25NO3/c1-4-12(2)15(10-18)17-16(19)13(3)20-11-14-8-6-5-7-9-14/h5-9,12-13,15,18H,4,10-11H2,1-3H3,(H,17,19)/t12-,13-,15+/m0/s1. The molecule has 112 valence electrons. The SMILES string of the molecule is CC[C@H](C)[C@@H](CO)NC(=O)[C@H](C)OCc1ccccc1. The number of aliphatic hydroxyl groups excluding tert-OH is 1. The Kier molecular flexibility index (Phi) is 7.26. The molecule has 0 radical (unpaired) electrons. The molecule has 0 saturated carbocycles. The van der Waals surface area contributed by atoms with Crippen molar-refractivity contribution >= 4 is 5.91 Å². The van der Waals surface area contributed by atoms with E-state index in [1.54, 1.807) is 6.92 Å². The minimum absolute atomic E-state index is 0.0495. The molecule has 1 rings (SSSR count). The Labute approximate surface area is 121 Å². The number of hydrogen-bond donors (Lipinski definition) is 2. The molecule has 0 spiro atoms. The molecular weight excluding hydrogens is 254 g/mol. The highest BCUT2D eigenvalue weighted by Gasteiger charge is 2.21. The fourth-order valence-corrected chi connectivity index (χ4v) is 1.82. The first kappa shape index (κ1) is 16.7. The van der Waals surface area contributed by atoms with Gasteiger partial charge in [0, 0.05) is 0 Å². The van der Waals surface area contributed by atoms with Crippen molar-refractivity contribution in [2.75, 3.05) is 6.61 Å². The third-order valence-corrected chi connectivity index (χ3v) is 3.57. The lowest BCUT2D eigenvalue weighted by Gasteiger charge is -2.24. The molecule has 0 saturated heterocycles. The van der Waals surface area contributed by atoms with E-state index in [4.69, 9.17) is 4.74 Å². The van der Waals surface area contributed by atoms with Gasteiger partial charge < -0.3 is 15.2 Å². The molecular formula is C16H25NO3. The van der Waals surface area contributed by atoms with Crippen LogP contribution < -0.4 is 5.32 Å². The third kappa shape index (κ3) is 5.31. The summed E-state index contributed by atoms with van der Waals surface area (Å²) in [6.45, 7) is 6.13. The summed E-state index contributed by atoms with van der Waals surface area (Å²) in [5.74, 6) is 0.0607. The van der Waals surface area contributed by atoms with Gasteiger partial charge in [-0.15, -0.1) is 0 Å². The molecule has 1 aromatic carbocycles. The van der Waals surface area contributed by atoms with Crippen molar-refractivity contribution < 1.29 is 14.6 Å². The first-order valence-electron chi connectivity index (χ1n) is 7.15. The van der Waals surface area contributed by atoms with E-state index < -0.39 is 6.10 Å². The van der Waals surface area contributed by atoms with Crippen LogP contribution in [0.1, 0.15) is 32.8 Å². The molecule has 0 fully saturated rings. The molecule has 0 bridgehead atoms. The molecule has 1 amide bonds. The molecule has 2 N–H and O–H groups in total. The average Bonchev–Trinajstić information content (AvgIpc) is 2.50. The number of aliphatic hydroxyl groups is 1. The first-order valence-corrected chi connectivity index (χ1v) is 7.15. The van der Waals surface area contributed by atoms with E-state index >= 15 is 0 Å². The molecule has 20 heavy (non-hydrogen) atoms. The second-order valence-corrected chi connectivity index (χ2v) is 5.12. The van der Waals surface area contributed by atoms with E-state index in [0.29, 0.717) is 6.61 Å². The van der Waals surface area contributed by atoms with Crippen LogP contribution >= 0.6 is 0 Å². The number of rotatable bonds is 8. The number of carbonyl (C=O) groups is 1. The van der Waals surface area contributed by atoms with Crippen molar-refractivity contribution in [2.45, 2.75) is 45.9 Å². The van der Waals surface area contributed by atoms with Crippen LogP contribution in [0.3, 0.4) is 0 Å². The maximum atomic E-state index is 12.0. The van der Waals surface area contributed by atoms with Crippen LogP contribution in [0.15, 0.2) is 30.3 Å². The van der Waals surface area contributed by atoms with E-state index in [1.165, 1.54) is 0 Å². The van der Waals surface area contributed by atoms with Gasteiger partial charge >= 0.3 is 0 Å². The van der Waals surface area contributed by atoms with Crippen molar-refractivity contribution in [3.05, 3.63) is 35.9 Å². The molecule has 0 heterocycles. The molecule has 1 aromatic rings. The van der Waals surface area contributed by atoms with Gasteiger partial charge in [0.1, 0.15) is 6.10 Å². The van der Waals surface area contributed by atoms with Gasteiger partial charge in [-0.05, 0) is 18.4 Å². The fourth-order valence-electron chi connectivity index (χ4n) is 1.82. The van der Waals surface area contributed by atoms with Gasteiger partial charge in [0.15, 0.2) is 0 Å². The summed E-state index contributed by atoms with van der Waals surface area (Å²) in [5, 5.41) is 12.2. The summed E-state index contributed by atoms with van der Waals surface area (Å²) < 4.78 is 5.55. The summed E-state index contributed by atoms with van der Waals surface area (Å²) in [6.07, 6.45) is 0.374. The van der Waals surface area contributed by atoms with E-state index in [1.807, 2.05) is 44.2 Å². The lowest BCUT2D eigenvalue weighted by molar-refractivity contribution is -0.134. The highest BCUT2D eigenvalue weighted by Crippen LogP contribution is 2.08. The third-order valence-electron chi connectivity index (χ3n) is 3.57. The Morgan fingerprint density at radius 1 is 1.30 bits per heavy atom. The summed E-state index contributed by atoms with van der Waals surface area (Å²) in [6, 6.07) is 9.52. The number of amides is 1. The minimum Gasteiger partial charge on any atom is -0.394 e. The van der Waals surface area contributed by atoms with Crippen molar-refractivity contribution in [1.82, 2.24) is 5.32 Å². The number of benzene rings is 1. The van der Waals surface area contributed by atoms with Gasteiger partial charge in [-0.25, -0.2) is 0 Å². The highest BCUT2D eigenvalue weighted by molar-refractivity contribution is 5.80. The van der Waals surface area contributed by atoms with Crippen LogP contribution in [0.2, 0.25) is 0 Å². The van der Waals surface area contributed by atoms with Crippen molar-refractivity contribution in [3.8, 4) is 0 Å². The maximum Gasteiger partial charge on any atom is 0.249 e. The van der Waals surface area contributed by atoms with E-state index in [-0.39, 0.29) is 24.5 Å². The number of carbonyl (C=O) groups excluding carboxylic acids is 1. The topological polar surface area (TPSA) is 58.6 Å². The Morgan fingerprint density at radius 3 is 2.50 bits per heavy atom. The largest absolute Gasteiger partial charge is 0.394 e. The fraction of sp³-hybridized carbons (Fsp3) is 0.562. The van der Waals surface area contributed by atoms with Crippen LogP contribution in [0.25, 0.3) is 0 Å². The number of nitrogens with one attached hydrogen (secondary N) is 1. The van der Waals surface area contributed by atoms with Gasteiger partial charge in [0.25, 0.3) is 0 Å². The Bertz CT molecular complexity index is 394. The van der Waals surface area contributed by atoms with Gasteiger partial charge in [-0.1, -0.05) is 50.6 Å². The molecule has 0 aliphatic carbocycles. The lowest BCUT2D eigenvalue weighted by atomic mass is 10.00. The molecule has 0 unspecified atom stereocenters. The van der Waals surface area contributed by atoms with E-state index in [0.717, 1.165) is 12.0 Å². The molecule has 0 aliphatic heterocycles. The molecule has 0 aromatic heterocycles. The Morgan fingerprint density at radius 2 is 1.95 bits per heavy atom. The van der Waals surface area contributed by atoms with Crippen LogP contribution in [0.4, 0.5) is 0 Å². The van der Waals surface area contributed by atoms with Gasteiger partial charge in [0.2, 0.25) is 5.91 Å². The number of ether oxygens (including phenoxy) is 1. The van der Waals surface area contributed by atoms with Crippen LogP contribution in [-0.2, 0) is 16.1 Å². The zero-order valence-corrected chi connectivity index (χ0v) is 12.5. The highest BCUT2D eigenvalue weighted by atomic mass is 16.5. The normalized spacial score (nSPS) is 15.4. The minimum atomic E-state index is -0.534. The first-order chi connectivity index (χ1) is 9.58. The monoisotopic (exact) mass is 279 g/mol. The smallest absolute Gasteiger partial charge is 0.249 e. The van der Waals surface area contributed by atoms with Crippen molar-refractivity contribution in [1.29, 1.82) is 0 Å². The zero-order chi connectivity index (χ0) is 15.0. The summed E-state index contributed by atoms with van der Waals surface area (Å²) in [7, 11) is 0. The van der Waals surface area contributed by atoms with Crippen LogP contribution in [-0.4, -0.2) is 29.8 Å². The van der Waals surface area contributed by atoms with Crippen molar-refractivity contribution in [2.24, 2.45) is 5.92 Å². The van der Waals surface area contributed by atoms with Crippen LogP contribution in [0.5, 0.6) is 0 Å². The van der Waals surface area contributed by atoms with Crippen LogP contribution in [0, 0.1) is 5.92 Å². The summed E-state index contributed by atoms with van der Waals surface area (Å²) in [5.41, 5.74) is 1.03. The Balaban J connectivity index is 2.42. The van der Waals surface area contributed by atoms with Crippen molar-refractivity contribution in [3.63, 3.8) is 0 Å². The zero-order valence-electron chi connectivity index (χ0n) is 12.5. The second kappa shape index (κ2) is 8.72. The maximum absolute atomic E-state index is 12.0. The predicted octanol–water partition coefficient (Wildman–Crippen LogP) is 2.11.